The molecule has 1 aliphatic heterocycles. The summed E-state index contributed by atoms with van der Waals surface area (Å²) in [5, 5.41) is 12.2. The first-order valence-electron chi connectivity index (χ1n) is 6.45. The maximum atomic E-state index is 12.4. The predicted octanol–water partition coefficient (Wildman–Crippen LogP) is 2.99. The van der Waals surface area contributed by atoms with Gasteiger partial charge < -0.3 is 5.21 Å². The predicted molar refractivity (Wildman–Crippen MR) is 76.9 cm³/mol. The summed E-state index contributed by atoms with van der Waals surface area (Å²) in [6.45, 7) is 0. The van der Waals surface area contributed by atoms with E-state index < -0.39 is 0 Å². The molecule has 1 heterocycles. The topological polar surface area (TPSA) is 52.9 Å². The van der Waals surface area contributed by atoms with Gasteiger partial charge in [-0.05, 0) is 17.7 Å². The van der Waals surface area contributed by atoms with E-state index in [-0.39, 0.29) is 17.7 Å². The Labute approximate surface area is 117 Å². The van der Waals surface area contributed by atoms with E-state index in [1.165, 1.54) is 0 Å². The lowest BCUT2D eigenvalue weighted by molar-refractivity contribution is -0.112. The van der Waals surface area contributed by atoms with Crippen LogP contribution in [0, 0.1) is 0 Å². The first kappa shape index (κ1) is 12.4. The van der Waals surface area contributed by atoms with Crippen LogP contribution in [0.1, 0.15) is 18.0 Å². The Morgan fingerprint density at radius 2 is 1.60 bits per heavy atom. The molecule has 1 aliphatic rings. The molecule has 20 heavy (non-hydrogen) atoms. The second-order valence-electron chi connectivity index (χ2n) is 4.69. The van der Waals surface area contributed by atoms with Crippen LogP contribution in [0.15, 0.2) is 65.8 Å². The Morgan fingerprint density at radius 3 is 2.20 bits per heavy atom. The van der Waals surface area contributed by atoms with Gasteiger partial charge in [0.15, 0.2) is 0 Å². The molecule has 0 radical (unpaired) electrons. The summed E-state index contributed by atoms with van der Waals surface area (Å²) in [6.07, 6.45) is 0.411. The number of hydrogen-bond acceptors (Lipinski definition) is 3. The zero-order valence-electron chi connectivity index (χ0n) is 10.8. The summed E-state index contributed by atoms with van der Waals surface area (Å²) in [7, 11) is 0. The molecular formula is C16H14N2O2. The summed E-state index contributed by atoms with van der Waals surface area (Å²) in [4.78, 5) is 14.0. The Kier molecular flexibility index (Phi) is 3.21. The maximum Gasteiger partial charge on any atom is 0.276 e. The van der Waals surface area contributed by atoms with Crippen molar-refractivity contribution in [3.8, 4) is 0 Å². The van der Waals surface area contributed by atoms with Gasteiger partial charge in [-0.15, -0.1) is 0 Å². The standard InChI is InChI=1S/C16H14N2O2/c19-16-14(17-20)11-15(12-7-3-1-4-8-12)18(16)13-9-5-2-6-10-13/h1-10,15,20H,11H2/b17-14-/t15-/m0/s1. The zero-order chi connectivity index (χ0) is 13.9. The van der Waals surface area contributed by atoms with E-state index in [1.807, 2.05) is 60.7 Å². The van der Waals surface area contributed by atoms with E-state index in [2.05, 4.69) is 5.16 Å². The van der Waals surface area contributed by atoms with Gasteiger partial charge in [0, 0.05) is 12.1 Å². The smallest absolute Gasteiger partial charge is 0.276 e. The molecule has 1 fully saturated rings. The van der Waals surface area contributed by atoms with E-state index in [0.717, 1.165) is 11.3 Å². The van der Waals surface area contributed by atoms with E-state index in [1.54, 1.807) is 4.90 Å². The molecule has 0 saturated carbocycles. The van der Waals surface area contributed by atoms with Crippen molar-refractivity contribution in [1.82, 2.24) is 0 Å². The molecule has 0 bridgehead atoms. The molecule has 1 saturated heterocycles. The molecule has 0 unspecified atom stereocenters. The minimum absolute atomic E-state index is 0.128. The van der Waals surface area contributed by atoms with E-state index in [0.29, 0.717) is 6.42 Å². The molecule has 0 aliphatic carbocycles. The Hall–Kier alpha value is -2.62. The Bertz CT molecular complexity index is 638. The zero-order valence-corrected chi connectivity index (χ0v) is 10.8. The van der Waals surface area contributed by atoms with Crippen LogP contribution in [0.3, 0.4) is 0 Å². The maximum absolute atomic E-state index is 12.4. The number of rotatable bonds is 2. The van der Waals surface area contributed by atoms with Gasteiger partial charge in [-0.1, -0.05) is 53.7 Å². The minimum atomic E-state index is -0.243. The lowest BCUT2D eigenvalue weighted by atomic mass is 10.0. The largest absolute Gasteiger partial charge is 0.410 e. The van der Waals surface area contributed by atoms with Crippen molar-refractivity contribution in [2.75, 3.05) is 4.90 Å². The van der Waals surface area contributed by atoms with Gasteiger partial charge in [-0.25, -0.2) is 0 Å². The van der Waals surface area contributed by atoms with Crippen molar-refractivity contribution in [3.63, 3.8) is 0 Å². The second kappa shape index (κ2) is 5.17. The van der Waals surface area contributed by atoms with Gasteiger partial charge in [0.05, 0.1) is 6.04 Å². The fourth-order valence-electron chi connectivity index (χ4n) is 2.55. The quantitative estimate of drug-likeness (QED) is 0.671. The third kappa shape index (κ3) is 2.05. The van der Waals surface area contributed by atoms with Crippen molar-refractivity contribution in [2.45, 2.75) is 12.5 Å². The van der Waals surface area contributed by atoms with Crippen LogP contribution in [0.2, 0.25) is 0 Å². The molecule has 4 heteroatoms. The molecule has 0 aromatic heterocycles. The average Bonchev–Trinajstić information content (AvgIpc) is 2.86. The average molecular weight is 266 g/mol. The molecule has 3 rings (SSSR count). The van der Waals surface area contributed by atoms with E-state index >= 15 is 0 Å². The van der Waals surface area contributed by atoms with Crippen molar-refractivity contribution in [3.05, 3.63) is 66.2 Å². The molecule has 1 amide bonds. The van der Waals surface area contributed by atoms with Crippen molar-refractivity contribution < 1.29 is 10.0 Å². The van der Waals surface area contributed by atoms with E-state index in [9.17, 15) is 4.79 Å². The molecule has 100 valence electrons. The van der Waals surface area contributed by atoms with E-state index in [4.69, 9.17) is 5.21 Å². The van der Waals surface area contributed by atoms with Gasteiger partial charge in [-0.3, -0.25) is 9.69 Å². The molecule has 1 atom stereocenters. The van der Waals surface area contributed by atoms with Crippen LogP contribution < -0.4 is 4.90 Å². The number of anilines is 1. The third-order valence-corrected chi connectivity index (χ3v) is 3.50. The van der Waals surface area contributed by atoms with Crippen molar-refractivity contribution in [2.24, 2.45) is 5.16 Å². The Balaban J connectivity index is 2.06. The minimum Gasteiger partial charge on any atom is -0.410 e. The second-order valence-corrected chi connectivity index (χ2v) is 4.69. The summed E-state index contributed by atoms with van der Waals surface area (Å²) < 4.78 is 0. The van der Waals surface area contributed by atoms with Gasteiger partial charge in [0.1, 0.15) is 5.71 Å². The van der Waals surface area contributed by atoms with Crippen molar-refractivity contribution >= 4 is 17.3 Å². The molecular weight excluding hydrogens is 252 g/mol. The first-order chi connectivity index (χ1) is 9.81. The normalized spacial score (nSPS) is 20.6. The molecule has 2 aromatic rings. The number of nitrogens with zero attached hydrogens (tertiary/aromatic N) is 2. The number of carbonyl (C=O) groups is 1. The van der Waals surface area contributed by atoms with Gasteiger partial charge >= 0.3 is 0 Å². The molecule has 4 nitrogen and oxygen atoms in total. The lowest BCUT2D eigenvalue weighted by Gasteiger charge is -2.24. The molecule has 0 spiro atoms. The number of oxime groups is 1. The number of amides is 1. The summed E-state index contributed by atoms with van der Waals surface area (Å²) in [5.74, 6) is -0.243. The highest BCUT2D eigenvalue weighted by molar-refractivity contribution is 6.46. The van der Waals surface area contributed by atoms with Gasteiger partial charge in [-0.2, -0.15) is 0 Å². The van der Waals surface area contributed by atoms with Crippen LogP contribution in [-0.4, -0.2) is 16.8 Å². The highest BCUT2D eigenvalue weighted by Gasteiger charge is 2.38. The highest BCUT2D eigenvalue weighted by Crippen LogP contribution is 2.35. The lowest BCUT2D eigenvalue weighted by Crippen LogP contribution is -2.29. The fraction of sp³-hybridized carbons (Fsp3) is 0.125. The molecule has 1 N–H and O–H groups in total. The monoisotopic (exact) mass is 266 g/mol. The van der Waals surface area contributed by atoms with Crippen LogP contribution in [-0.2, 0) is 4.79 Å². The van der Waals surface area contributed by atoms with Gasteiger partial charge in [0.2, 0.25) is 0 Å². The highest BCUT2D eigenvalue weighted by atomic mass is 16.4. The fourth-order valence-corrected chi connectivity index (χ4v) is 2.55. The summed E-state index contributed by atoms with van der Waals surface area (Å²) in [6, 6.07) is 19.1. The number of benzene rings is 2. The van der Waals surface area contributed by atoms with Crippen LogP contribution in [0.4, 0.5) is 5.69 Å². The third-order valence-electron chi connectivity index (χ3n) is 3.50. The van der Waals surface area contributed by atoms with Crippen molar-refractivity contribution in [1.29, 1.82) is 0 Å². The van der Waals surface area contributed by atoms with Crippen LogP contribution in [0.5, 0.6) is 0 Å². The number of carbonyl (C=O) groups excluding carboxylic acids is 1. The van der Waals surface area contributed by atoms with Gasteiger partial charge in [0.25, 0.3) is 5.91 Å². The number of para-hydroxylation sites is 1. The molecule has 2 aromatic carbocycles. The van der Waals surface area contributed by atoms with Crippen LogP contribution in [0.25, 0.3) is 0 Å². The van der Waals surface area contributed by atoms with Crippen LogP contribution >= 0.6 is 0 Å². The Morgan fingerprint density at radius 1 is 1.00 bits per heavy atom. The summed E-state index contributed by atoms with van der Waals surface area (Å²) in [5.41, 5.74) is 2.04. The summed E-state index contributed by atoms with van der Waals surface area (Å²) >= 11 is 0. The first-order valence-corrected chi connectivity index (χ1v) is 6.45. The SMILES string of the molecule is O=C1/C(=N\O)C[C@@H](c2ccccc2)N1c1ccccc1. The number of hydrogen-bond donors (Lipinski definition) is 1.